The van der Waals surface area contributed by atoms with Gasteiger partial charge in [0.15, 0.2) is 0 Å². The van der Waals surface area contributed by atoms with E-state index >= 15 is 0 Å². The van der Waals surface area contributed by atoms with Crippen LogP contribution in [0.15, 0.2) is 59.5 Å². The van der Waals surface area contributed by atoms with Gasteiger partial charge < -0.3 is 15.8 Å². The molecule has 0 aliphatic heterocycles. The zero-order valence-electron chi connectivity index (χ0n) is 17.4. The van der Waals surface area contributed by atoms with Gasteiger partial charge in [0, 0.05) is 5.39 Å². The monoisotopic (exact) mass is 408 g/mol. The van der Waals surface area contributed by atoms with Gasteiger partial charge in [-0.15, -0.1) is 0 Å². The Morgan fingerprint density at radius 2 is 1.93 bits per heavy atom. The lowest BCUT2D eigenvalue weighted by Gasteiger charge is -2.27. The zero-order chi connectivity index (χ0) is 21.6. The molecule has 0 bridgehead atoms. The molecule has 30 heavy (non-hydrogen) atoms. The quantitative estimate of drug-likeness (QED) is 0.536. The van der Waals surface area contributed by atoms with E-state index in [1.807, 2.05) is 56.3 Å². The van der Waals surface area contributed by atoms with Gasteiger partial charge in [0.05, 0.1) is 23.7 Å². The van der Waals surface area contributed by atoms with E-state index in [4.69, 9.17) is 10.5 Å². The molecular formula is C23H28N4O3. The number of nitrogens with zero attached hydrogens (tertiary/aromatic N) is 2. The highest BCUT2D eigenvalue weighted by Crippen LogP contribution is 2.17. The van der Waals surface area contributed by atoms with E-state index in [9.17, 15) is 9.59 Å². The van der Waals surface area contributed by atoms with Crippen molar-refractivity contribution in [3.05, 3.63) is 70.6 Å². The summed E-state index contributed by atoms with van der Waals surface area (Å²) in [6.45, 7) is 5.27. The molecule has 0 saturated carbocycles. The maximum atomic E-state index is 12.5. The van der Waals surface area contributed by atoms with Crippen molar-refractivity contribution in [1.82, 2.24) is 15.1 Å². The normalized spacial score (nSPS) is 13.1. The van der Waals surface area contributed by atoms with E-state index < -0.39 is 5.54 Å². The molecule has 2 aromatic carbocycles. The van der Waals surface area contributed by atoms with Crippen LogP contribution in [0.4, 0.5) is 0 Å². The summed E-state index contributed by atoms with van der Waals surface area (Å²) in [6, 6.07) is 14.9. The highest BCUT2D eigenvalue weighted by atomic mass is 16.5. The second-order valence-corrected chi connectivity index (χ2v) is 7.55. The Bertz CT molecular complexity index is 1060. The van der Waals surface area contributed by atoms with Gasteiger partial charge in [-0.05, 0) is 50.1 Å². The van der Waals surface area contributed by atoms with E-state index in [-0.39, 0.29) is 11.5 Å². The number of carbonyl (C=O) groups is 1. The van der Waals surface area contributed by atoms with Gasteiger partial charge in [-0.1, -0.05) is 37.3 Å². The lowest BCUT2D eigenvalue weighted by atomic mass is 9.92. The lowest BCUT2D eigenvalue weighted by molar-refractivity contribution is -0.123. The SMILES string of the molecule is CCCNC(C)(Cc1ccc(OCCn2ncc3ccccc3c2=O)cc1)C(N)=O. The first kappa shape index (κ1) is 21.5. The van der Waals surface area contributed by atoms with Crippen molar-refractivity contribution in [2.24, 2.45) is 5.73 Å². The Labute approximate surface area is 175 Å². The molecule has 1 unspecified atom stereocenters. The third kappa shape index (κ3) is 5.04. The fourth-order valence-corrected chi connectivity index (χ4v) is 3.29. The third-order valence-electron chi connectivity index (χ3n) is 5.12. The second kappa shape index (κ2) is 9.54. The topological polar surface area (TPSA) is 99.2 Å². The molecule has 0 fully saturated rings. The number of hydrogen-bond acceptors (Lipinski definition) is 5. The zero-order valence-corrected chi connectivity index (χ0v) is 17.4. The third-order valence-corrected chi connectivity index (χ3v) is 5.12. The second-order valence-electron chi connectivity index (χ2n) is 7.55. The van der Waals surface area contributed by atoms with Crippen molar-refractivity contribution in [2.45, 2.75) is 38.8 Å². The molecule has 158 valence electrons. The lowest BCUT2D eigenvalue weighted by Crippen LogP contribution is -2.54. The average molecular weight is 409 g/mol. The van der Waals surface area contributed by atoms with Crippen molar-refractivity contribution in [2.75, 3.05) is 13.2 Å². The number of amides is 1. The number of primary amides is 1. The van der Waals surface area contributed by atoms with Crippen molar-refractivity contribution in [3.63, 3.8) is 0 Å². The van der Waals surface area contributed by atoms with Crippen LogP contribution in [-0.4, -0.2) is 34.4 Å². The van der Waals surface area contributed by atoms with Crippen LogP contribution in [0.3, 0.4) is 0 Å². The van der Waals surface area contributed by atoms with Gasteiger partial charge in [0.25, 0.3) is 5.56 Å². The van der Waals surface area contributed by atoms with E-state index in [0.717, 1.165) is 23.9 Å². The number of nitrogens with two attached hydrogens (primary N) is 1. The summed E-state index contributed by atoms with van der Waals surface area (Å²) in [6.07, 6.45) is 3.11. The van der Waals surface area contributed by atoms with Crippen LogP contribution in [-0.2, 0) is 17.8 Å². The minimum absolute atomic E-state index is 0.127. The Kier molecular flexibility index (Phi) is 6.84. The molecule has 1 amide bonds. The number of rotatable bonds is 10. The Morgan fingerprint density at radius 3 is 2.63 bits per heavy atom. The van der Waals surface area contributed by atoms with Crippen LogP contribution >= 0.6 is 0 Å². The van der Waals surface area contributed by atoms with Gasteiger partial charge >= 0.3 is 0 Å². The fraction of sp³-hybridized carbons (Fsp3) is 0.348. The van der Waals surface area contributed by atoms with Crippen molar-refractivity contribution in [3.8, 4) is 5.75 Å². The molecule has 0 aliphatic carbocycles. The number of benzene rings is 2. The minimum Gasteiger partial charge on any atom is -0.492 e. The standard InChI is InChI=1S/C23H28N4O3/c1-3-12-25-23(2,22(24)29)15-17-8-10-19(11-9-17)30-14-13-27-21(28)20-7-5-4-6-18(20)16-26-27/h4-11,16,25H,3,12-15H2,1-2H3,(H2,24,29). The summed E-state index contributed by atoms with van der Waals surface area (Å²) < 4.78 is 7.18. The number of nitrogens with one attached hydrogen (secondary N) is 1. The number of fused-ring (bicyclic) bond motifs is 1. The Morgan fingerprint density at radius 1 is 1.20 bits per heavy atom. The molecule has 7 nitrogen and oxygen atoms in total. The minimum atomic E-state index is -0.790. The van der Waals surface area contributed by atoms with Crippen LogP contribution in [0, 0.1) is 0 Å². The first-order valence-corrected chi connectivity index (χ1v) is 10.1. The summed E-state index contributed by atoms with van der Waals surface area (Å²) in [7, 11) is 0. The van der Waals surface area contributed by atoms with E-state index in [1.165, 1.54) is 4.68 Å². The molecule has 0 aliphatic rings. The smallest absolute Gasteiger partial charge is 0.274 e. The van der Waals surface area contributed by atoms with Gasteiger partial charge in [0.1, 0.15) is 12.4 Å². The predicted octanol–water partition coefficient (Wildman–Crippen LogP) is 2.26. The molecule has 1 atom stereocenters. The predicted molar refractivity (Wildman–Crippen MR) is 118 cm³/mol. The van der Waals surface area contributed by atoms with Gasteiger partial charge in [-0.2, -0.15) is 5.10 Å². The number of hydrogen-bond donors (Lipinski definition) is 2. The van der Waals surface area contributed by atoms with Crippen LogP contribution in [0.25, 0.3) is 10.8 Å². The summed E-state index contributed by atoms with van der Waals surface area (Å²) in [4.78, 5) is 24.4. The Hall–Kier alpha value is -3.19. The van der Waals surface area contributed by atoms with E-state index in [0.29, 0.717) is 30.7 Å². The number of aromatic nitrogens is 2. The van der Waals surface area contributed by atoms with Gasteiger partial charge in [-0.25, -0.2) is 4.68 Å². The van der Waals surface area contributed by atoms with Crippen LogP contribution in [0.2, 0.25) is 0 Å². The molecule has 1 aromatic heterocycles. The van der Waals surface area contributed by atoms with Crippen LogP contribution < -0.4 is 21.3 Å². The molecule has 3 N–H and O–H groups in total. The molecule has 1 heterocycles. The molecule has 0 spiro atoms. The first-order chi connectivity index (χ1) is 14.4. The largest absolute Gasteiger partial charge is 0.492 e. The summed E-state index contributed by atoms with van der Waals surface area (Å²) in [5.41, 5.74) is 5.67. The Balaban J connectivity index is 1.59. The fourth-order valence-electron chi connectivity index (χ4n) is 3.29. The summed E-state index contributed by atoms with van der Waals surface area (Å²) >= 11 is 0. The highest BCUT2D eigenvalue weighted by molar-refractivity contribution is 5.84. The highest BCUT2D eigenvalue weighted by Gasteiger charge is 2.30. The average Bonchev–Trinajstić information content (AvgIpc) is 2.75. The summed E-state index contributed by atoms with van der Waals surface area (Å²) in [5.74, 6) is 0.319. The van der Waals surface area contributed by atoms with Crippen molar-refractivity contribution >= 4 is 16.7 Å². The number of carbonyl (C=O) groups excluding carboxylic acids is 1. The number of ether oxygens (including phenoxy) is 1. The molecule has 7 heteroatoms. The van der Waals surface area contributed by atoms with Gasteiger partial charge in [-0.3, -0.25) is 9.59 Å². The van der Waals surface area contributed by atoms with Crippen LogP contribution in [0.1, 0.15) is 25.8 Å². The molecular weight excluding hydrogens is 380 g/mol. The van der Waals surface area contributed by atoms with Crippen LogP contribution in [0.5, 0.6) is 5.75 Å². The van der Waals surface area contributed by atoms with Crippen molar-refractivity contribution < 1.29 is 9.53 Å². The molecule has 0 saturated heterocycles. The van der Waals surface area contributed by atoms with Gasteiger partial charge in [0.2, 0.25) is 5.91 Å². The maximum absolute atomic E-state index is 12.5. The molecule has 3 aromatic rings. The van der Waals surface area contributed by atoms with E-state index in [1.54, 1.807) is 12.3 Å². The first-order valence-electron chi connectivity index (χ1n) is 10.1. The molecule has 0 radical (unpaired) electrons. The van der Waals surface area contributed by atoms with Crippen molar-refractivity contribution in [1.29, 1.82) is 0 Å². The van der Waals surface area contributed by atoms with E-state index in [2.05, 4.69) is 10.4 Å². The summed E-state index contributed by atoms with van der Waals surface area (Å²) in [5, 5.41) is 8.91. The molecule has 3 rings (SSSR count). The maximum Gasteiger partial charge on any atom is 0.274 e.